The Morgan fingerprint density at radius 2 is 1.84 bits per heavy atom. The Labute approximate surface area is 199 Å². The quantitative estimate of drug-likeness (QED) is 0.410. The summed E-state index contributed by atoms with van der Waals surface area (Å²) >= 11 is 3.64. The minimum atomic E-state index is -0.442. The number of aromatic amines is 1. The van der Waals surface area contributed by atoms with Gasteiger partial charge in [0.2, 0.25) is 0 Å². The van der Waals surface area contributed by atoms with Gasteiger partial charge in [0.25, 0.3) is 0 Å². The van der Waals surface area contributed by atoms with E-state index in [0.29, 0.717) is 19.1 Å². The van der Waals surface area contributed by atoms with E-state index in [1.807, 2.05) is 0 Å². The van der Waals surface area contributed by atoms with Gasteiger partial charge in [0.05, 0.1) is 0 Å². The molecule has 0 spiro atoms. The van der Waals surface area contributed by atoms with Crippen LogP contribution in [0.2, 0.25) is 0 Å². The SMILES string of the molecule is OC(COc1ccc(C2CCCCc3c2[nH]c2ccc(Br)cc32)cc1)CN1CCCCC1. The number of aliphatic hydroxyl groups excluding tert-OH is 1. The van der Waals surface area contributed by atoms with Crippen LogP contribution in [0.4, 0.5) is 0 Å². The van der Waals surface area contributed by atoms with Gasteiger partial charge in [-0.2, -0.15) is 0 Å². The molecule has 1 aliphatic carbocycles. The monoisotopic (exact) mass is 496 g/mol. The molecule has 0 saturated carbocycles. The first-order chi connectivity index (χ1) is 15.7. The third-order valence-electron chi connectivity index (χ3n) is 7.06. The molecule has 2 aliphatic rings. The van der Waals surface area contributed by atoms with E-state index < -0.39 is 6.10 Å². The average molecular weight is 497 g/mol. The van der Waals surface area contributed by atoms with Gasteiger partial charge in [-0.3, -0.25) is 0 Å². The van der Waals surface area contributed by atoms with Crippen molar-refractivity contribution in [2.75, 3.05) is 26.2 Å². The lowest BCUT2D eigenvalue weighted by Crippen LogP contribution is -2.38. The molecule has 1 fully saturated rings. The molecule has 2 unspecified atom stereocenters. The Bertz CT molecular complexity index is 1040. The summed E-state index contributed by atoms with van der Waals surface area (Å²) in [6.07, 6.45) is 8.13. The van der Waals surface area contributed by atoms with Crippen molar-refractivity contribution in [3.05, 3.63) is 63.8 Å². The Morgan fingerprint density at radius 3 is 2.66 bits per heavy atom. The summed E-state index contributed by atoms with van der Waals surface area (Å²) in [4.78, 5) is 6.09. The Hall–Kier alpha value is -1.82. The Balaban J connectivity index is 1.27. The second-order valence-corrected chi connectivity index (χ2v) is 10.3. The maximum absolute atomic E-state index is 10.4. The summed E-state index contributed by atoms with van der Waals surface area (Å²) in [5.41, 5.74) is 5.42. The molecule has 1 aliphatic heterocycles. The van der Waals surface area contributed by atoms with Crippen LogP contribution in [0.25, 0.3) is 10.9 Å². The summed E-state index contributed by atoms with van der Waals surface area (Å²) in [6, 6.07) is 15.1. The molecule has 5 rings (SSSR count). The number of H-pyrrole nitrogens is 1. The maximum atomic E-state index is 10.4. The second-order valence-electron chi connectivity index (χ2n) is 9.40. The number of ether oxygens (including phenoxy) is 1. The van der Waals surface area contributed by atoms with E-state index in [0.717, 1.165) is 36.2 Å². The van der Waals surface area contributed by atoms with Gasteiger partial charge in [-0.1, -0.05) is 40.9 Å². The molecule has 0 radical (unpaired) electrons. The summed E-state index contributed by atoms with van der Waals surface area (Å²) in [5, 5.41) is 11.7. The van der Waals surface area contributed by atoms with E-state index in [1.54, 1.807) is 0 Å². The van der Waals surface area contributed by atoms with Gasteiger partial charge < -0.3 is 19.7 Å². The molecule has 2 heterocycles. The second kappa shape index (κ2) is 9.98. The molecule has 4 nitrogen and oxygen atoms in total. The first-order valence-corrected chi connectivity index (χ1v) is 12.9. The molecular weight excluding hydrogens is 464 g/mol. The van der Waals surface area contributed by atoms with E-state index in [4.69, 9.17) is 4.74 Å². The van der Waals surface area contributed by atoms with Gasteiger partial charge in [-0.05, 0) is 86.7 Å². The number of hydrogen-bond acceptors (Lipinski definition) is 3. The Morgan fingerprint density at radius 1 is 1.03 bits per heavy atom. The molecule has 0 amide bonds. The molecule has 5 heteroatoms. The van der Waals surface area contributed by atoms with Crippen molar-refractivity contribution in [2.45, 2.75) is 57.0 Å². The summed E-state index contributed by atoms with van der Waals surface area (Å²) in [5.74, 6) is 1.22. The van der Waals surface area contributed by atoms with Crippen molar-refractivity contribution in [3.8, 4) is 5.75 Å². The van der Waals surface area contributed by atoms with Crippen molar-refractivity contribution in [3.63, 3.8) is 0 Å². The van der Waals surface area contributed by atoms with Gasteiger partial charge in [-0.25, -0.2) is 0 Å². The lowest BCUT2D eigenvalue weighted by atomic mass is 9.91. The Kier molecular flexibility index (Phi) is 6.86. The average Bonchev–Trinajstić information content (AvgIpc) is 3.02. The normalized spacial score (nSPS) is 20.6. The first kappa shape index (κ1) is 22.0. The number of rotatable bonds is 6. The van der Waals surface area contributed by atoms with Crippen LogP contribution in [0, 0.1) is 0 Å². The zero-order valence-corrected chi connectivity index (χ0v) is 20.2. The van der Waals surface area contributed by atoms with E-state index in [2.05, 4.69) is 68.3 Å². The number of likely N-dealkylation sites (tertiary alicyclic amines) is 1. The number of aromatic nitrogens is 1. The molecule has 3 aromatic rings. The van der Waals surface area contributed by atoms with Gasteiger partial charge in [0.1, 0.15) is 18.5 Å². The number of aliphatic hydroxyl groups is 1. The highest BCUT2D eigenvalue weighted by atomic mass is 79.9. The molecule has 32 heavy (non-hydrogen) atoms. The number of halogens is 1. The summed E-state index contributed by atoms with van der Waals surface area (Å²) < 4.78 is 7.05. The lowest BCUT2D eigenvalue weighted by molar-refractivity contribution is 0.0617. The molecule has 2 aromatic carbocycles. The van der Waals surface area contributed by atoms with Crippen molar-refractivity contribution in [2.24, 2.45) is 0 Å². The number of nitrogens with zero attached hydrogens (tertiary/aromatic N) is 1. The number of hydrogen-bond donors (Lipinski definition) is 2. The zero-order valence-electron chi connectivity index (χ0n) is 18.7. The predicted octanol–water partition coefficient (Wildman–Crippen LogP) is 6.01. The largest absolute Gasteiger partial charge is 0.491 e. The van der Waals surface area contributed by atoms with Crippen molar-refractivity contribution < 1.29 is 9.84 Å². The predicted molar refractivity (Wildman–Crippen MR) is 134 cm³/mol. The number of piperidine rings is 1. The number of nitrogens with one attached hydrogen (secondary N) is 1. The minimum Gasteiger partial charge on any atom is -0.491 e. The number of β-amino-alcohol motifs (C(OH)–C–C–N with tert-alkyl or cyclic N) is 1. The molecule has 1 saturated heterocycles. The molecule has 0 bridgehead atoms. The standard InChI is InChI=1S/C27H33BrN2O2/c28-20-10-13-26-25(16-20)24-7-3-2-6-23(27(24)29-26)19-8-11-22(12-9-19)32-18-21(31)17-30-14-4-1-5-15-30/h8-13,16,21,23,29,31H,1-7,14-15,17-18H2. The van der Waals surface area contributed by atoms with E-state index >= 15 is 0 Å². The highest BCUT2D eigenvalue weighted by molar-refractivity contribution is 9.10. The highest BCUT2D eigenvalue weighted by Gasteiger charge is 2.24. The van der Waals surface area contributed by atoms with Crippen LogP contribution < -0.4 is 4.74 Å². The highest BCUT2D eigenvalue weighted by Crippen LogP contribution is 2.39. The van der Waals surface area contributed by atoms with Crippen LogP contribution in [0.5, 0.6) is 5.75 Å². The van der Waals surface area contributed by atoms with Gasteiger partial charge in [0.15, 0.2) is 0 Å². The third-order valence-corrected chi connectivity index (χ3v) is 7.55. The smallest absolute Gasteiger partial charge is 0.119 e. The van der Waals surface area contributed by atoms with Crippen LogP contribution >= 0.6 is 15.9 Å². The van der Waals surface area contributed by atoms with Crippen molar-refractivity contribution in [1.82, 2.24) is 9.88 Å². The maximum Gasteiger partial charge on any atom is 0.119 e. The number of aryl methyl sites for hydroxylation is 1. The molecule has 2 atom stereocenters. The molecule has 2 N–H and O–H groups in total. The van der Waals surface area contributed by atoms with Crippen LogP contribution in [0.3, 0.4) is 0 Å². The van der Waals surface area contributed by atoms with Gasteiger partial charge in [-0.15, -0.1) is 0 Å². The zero-order chi connectivity index (χ0) is 21.9. The minimum absolute atomic E-state index is 0.348. The summed E-state index contributed by atoms with van der Waals surface area (Å²) in [7, 11) is 0. The van der Waals surface area contributed by atoms with Crippen LogP contribution in [-0.2, 0) is 6.42 Å². The van der Waals surface area contributed by atoms with Crippen LogP contribution in [0.15, 0.2) is 46.9 Å². The van der Waals surface area contributed by atoms with Crippen molar-refractivity contribution in [1.29, 1.82) is 0 Å². The molecule has 1 aromatic heterocycles. The van der Waals surface area contributed by atoms with E-state index in [1.165, 1.54) is 59.8 Å². The van der Waals surface area contributed by atoms with E-state index in [9.17, 15) is 5.11 Å². The third kappa shape index (κ3) is 4.90. The van der Waals surface area contributed by atoms with Crippen LogP contribution in [-0.4, -0.2) is 47.3 Å². The van der Waals surface area contributed by atoms with Crippen molar-refractivity contribution >= 4 is 26.8 Å². The topological polar surface area (TPSA) is 48.5 Å². The fraction of sp³-hybridized carbons (Fsp3) is 0.481. The van der Waals surface area contributed by atoms with Gasteiger partial charge in [0, 0.05) is 33.5 Å². The van der Waals surface area contributed by atoms with Gasteiger partial charge >= 0.3 is 0 Å². The molecule has 170 valence electrons. The first-order valence-electron chi connectivity index (χ1n) is 12.1. The fourth-order valence-corrected chi connectivity index (χ4v) is 5.78. The summed E-state index contributed by atoms with van der Waals surface area (Å²) in [6.45, 7) is 3.25. The van der Waals surface area contributed by atoms with Crippen LogP contribution in [0.1, 0.15) is 61.3 Å². The lowest BCUT2D eigenvalue weighted by Gasteiger charge is -2.28. The molecular formula is C27H33BrN2O2. The van der Waals surface area contributed by atoms with E-state index in [-0.39, 0.29) is 0 Å². The fourth-order valence-electron chi connectivity index (χ4n) is 5.42. The number of fused-ring (bicyclic) bond motifs is 3. The number of benzene rings is 2.